The summed E-state index contributed by atoms with van der Waals surface area (Å²) in [4.78, 5) is 51.3. The first-order valence-corrected chi connectivity index (χ1v) is 7.12. The molecule has 0 radical (unpaired) electrons. The Morgan fingerprint density at radius 3 is 2.61 bits per heavy atom. The van der Waals surface area contributed by atoms with Crippen LogP contribution < -0.4 is 0 Å². The van der Waals surface area contributed by atoms with Gasteiger partial charge in [-0.25, -0.2) is 24.0 Å². The molecule has 0 bridgehead atoms. The Bertz CT molecular complexity index is 864. The lowest BCUT2D eigenvalue weighted by atomic mass is 10.3. The van der Waals surface area contributed by atoms with E-state index in [9.17, 15) is 23.6 Å². The molecule has 118 valence electrons. The highest BCUT2D eigenvalue weighted by molar-refractivity contribution is 7.18. The van der Waals surface area contributed by atoms with Crippen LogP contribution in [-0.2, 0) is 20.9 Å². The molecule has 8 nitrogen and oxygen atoms in total. The van der Waals surface area contributed by atoms with Gasteiger partial charge in [-0.05, 0) is 18.2 Å². The van der Waals surface area contributed by atoms with Gasteiger partial charge in [0.25, 0.3) is 0 Å². The van der Waals surface area contributed by atoms with E-state index in [0.717, 1.165) is 11.3 Å². The average Bonchev–Trinajstić information content (AvgIpc) is 2.96. The van der Waals surface area contributed by atoms with E-state index in [1.807, 2.05) is 0 Å². The molecule has 1 aliphatic heterocycles. The number of carboxylic acids is 1. The van der Waals surface area contributed by atoms with E-state index < -0.39 is 36.2 Å². The molecule has 1 aliphatic rings. The molecule has 1 saturated heterocycles. The normalized spacial score (nSPS) is 15.1. The van der Waals surface area contributed by atoms with Crippen LogP contribution in [0, 0.1) is 5.82 Å². The number of aromatic nitrogens is 1. The third-order valence-electron chi connectivity index (χ3n) is 3.12. The number of aliphatic carboxylic acids is 1. The summed E-state index contributed by atoms with van der Waals surface area (Å²) in [5, 5.41) is 9.00. The maximum absolute atomic E-state index is 13.2. The minimum Gasteiger partial charge on any atom is -0.480 e. The quantitative estimate of drug-likeness (QED) is 0.653. The first kappa shape index (κ1) is 15.0. The highest BCUT2D eigenvalue weighted by Gasteiger charge is 2.45. The summed E-state index contributed by atoms with van der Waals surface area (Å²) in [5.74, 6) is -4.15. The predicted octanol–water partition coefficient (Wildman–Crippen LogP) is 0.811. The van der Waals surface area contributed by atoms with Crippen LogP contribution >= 0.6 is 11.3 Å². The van der Waals surface area contributed by atoms with Crippen molar-refractivity contribution in [3.63, 3.8) is 0 Å². The zero-order chi connectivity index (χ0) is 16.7. The molecule has 0 atom stereocenters. The first-order chi connectivity index (χ1) is 10.9. The van der Waals surface area contributed by atoms with Gasteiger partial charge in [0.1, 0.15) is 17.4 Å². The molecule has 1 aromatic carbocycles. The van der Waals surface area contributed by atoms with Crippen molar-refractivity contribution in [1.29, 1.82) is 0 Å². The van der Waals surface area contributed by atoms with Crippen LogP contribution in [0.15, 0.2) is 18.2 Å². The predicted molar refractivity (Wildman–Crippen MR) is 74.9 cm³/mol. The molecule has 1 fully saturated rings. The highest BCUT2D eigenvalue weighted by atomic mass is 32.1. The van der Waals surface area contributed by atoms with Gasteiger partial charge >= 0.3 is 23.8 Å². The zero-order valence-electron chi connectivity index (χ0n) is 11.4. The minimum atomic E-state index is -1.41. The number of fused-ring (bicyclic) bond motifs is 1. The summed E-state index contributed by atoms with van der Waals surface area (Å²) in [6.07, 6.45) is 0. The molecule has 1 aromatic heterocycles. The maximum atomic E-state index is 13.2. The number of urea groups is 1. The van der Waals surface area contributed by atoms with E-state index in [4.69, 9.17) is 5.11 Å². The number of carbonyl (C=O) groups excluding carboxylic acids is 3. The molecular weight excluding hydrogens is 329 g/mol. The Balaban J connectivity index is 1.86. The second kappa shape index (κ2) is 5.39. The minimum absolute atomic E-state index is 0.277. The fourth-order valence-corrected chi connectivity index (χ4v) is 3.09. The number of halogens is 1. The van der Waals surface area contributed by atoms with Gasteiger partial charge < -0.3 is 5.11 Å². The third kappa shape index (κ3) is 2.63. The van der Waals surface area contributed by atoms with Gasteiger partial charge in [-0.15, -0.1) is 11.3 Å². The van der Waals surface area contributed by atoms with Gasteiger partial charge in [-0.3, -0.25) is 14.4 Å². The molecular formula is C13H8FN3O5S. The summed E-state index contributed by atoms with van der Waals surface area (Å²) < 4.78 is 13.7. The van der Waals surface area contributed by atoms with Gasteiger partial charge in [0, 0.05) is 0 Å². The number of benzene rings is 1. The van der Waals surface area contributed by atoms with Crippen LogP contribution in [0.4, 0.5) is 9.18 Å². The Kier molecular flexibility index (Phi) is 3.52. The van der Waals surface area contributed by atoms with Crippen LogP contribution in [0.2, 0.25) is 0 Å². The fraction of sp³-hybridized carbons (Fsp3) is 0.154. The molecule has 4 amide bonds. The summed E-state index contributed by atoms with van der Waals surface area (Å²) in [6, 6.07) is 2.95. The van der Waals surface area contributed by atoms with Crippen molar-refractivity contribution in [2.24, 2.45) is 0 Å². The Labute approximate surface area is 131 Å². The monoisotopic (exact) mass is 337 g/mol. The van der Waals surface area contributed by atoms with Gasteiger partial charge in [-0.1, -0.05) is 0 Å². The highest BCUT2D eigenvalue weighted by Crippen LogP contribution is 2.25. The molecule has 0 spiro atoms. The van der Waals surface area contributed by atoms with Crippen LogP contribution in [-0.4, -0.2) is 50.2 Å². The number of thiazole rings is 1. The van der Waals surface area contributed by atoms with Gasteiger partial charge in [0.15, 0.2) is 0 Å². The van der Waals surface area contributed by atoms with Crippen molar-refractivity contribution >= 4 is 45.4 Å². The summed E-state index contributed by atoms with van der Waals surface area (Å²) in [5.41, 5.74) is 0.499. The van der Waals surface area contributed by atoms with Gasteiger partial charge in [0.05, 0.1) is 16.8 Å². The number of rotatable bonds is 4. The average molecular weight is 337 g/mol. The molecule has 0 saturated carbocycles. The Morgan fingerprint density at radius 1 is 1.22 bits per heavy atom. The lowest BCUT2D eigenvalue weighted by Crippen LogP contribution is -2.36. The number of amides is 4. The van der Waals surface area contributed by atoms with Gasteiger partial charge in [-0.2, -0.15) is 0 Å². The summed E-state index contributed by atoms with van der Waals surface area (Å²) in [6.45, 7) is -1.16. The third-order valence-corrected chi connectivity index (χ3v) is 4.12. The molecule has 0 unspecified atom stereocenters. The van der Waals surface area contributed by atoms with Gasteiger partial charge in [0.2, 0.25) is 0 Å². The summed E-state index contributed by atoms with van der Waals surface area (Å²) >= 11 is 1.08. The smallest absolute Gasteiger partial charge is 0.335 e. The second-order valence-electron chi connectivity index (χ2n) is 4.68. The van der Waals surface area contributed by atoms with Crippen LogP contribution in [0.25, 0.3) is 10.2 Å². The topological polar surface area (TPSA) is 108 Å². The Hall–Kier alpha value is -2.88. The molecule has 0 aliphatic carbocycles. The SMILES string of the molecule is O=C(O)CN1C(=O)C(=O)N(Cc2nc3ccc(F)cc3s2)C1=O. The first-order valence-electron chi connectivity index (χ1n) is 6.31. The van der Waals surface area contributed by atoms with E-state index in [1.54, 1.807) is 0 Å². The van der Waals surface area contributed by atoms with Crippen LogP contribution in [0.1, 0.15) is 5.01 Å². The van der Waals surface area contributed by atoms with Crippen molar-refractivity contribution in [3.05, 3.63) is 29.0 Å². The largest absolute Gasteiger partial charge is 0.480 e. The zero-order valence-corrected chi connectivity index (χ0v) is 12.2. The number of nitrogens with zero attached hydrogens (tertiary/aromatic N) is 3. The number of carboxylic acid groups (broad SMARTS) is 1. The van der Waals surface area contributed by atoms with Crippen LogP contribution in [0.5, 0.6) is 0 Å². The van der Waals surface area contributed by atoms with Crippen molar-refractivity contribution in [1.82, 2.24) is 14.8 Å². The van der Waals surface area contributed by atoms with E-state index in [-0.39, 0.29) is 6.54 Å². The van der Waals surface area contributed by atoms with Crippen molar-refractivity contribution in [2.45, 2.75) is 6.54 Å². The second-order valence-corrected chi connectivity index (χ2v) is 5.79. The standard InChI is InChI=1S/C13H8FN3O5S/c14-6-1-2-7-8(3-6)23-9(15-7)4-16-11(20)12(21)17(13(16)22)5-10(18)19/h1-3H,4-5H2,(H,18,19). The van der Waals surface area contributed by atoms with E-state index >= 15 is 0 Å². The molecule has 23 heavy (non-hydrogen) atoms. The van der Waals surface area contributed by atoms with Crippen molar-refractivity contribution in [3.8, 4) is 0 Å². The number of hydrogen-bond acceptors (Lipinski definition) is 6. The van der Waals surface area contributed by atoms with E-state index in [0.29, 0.717) is 25.0 Å². The molecule has 3 rings (SSSR count). The number of hydrogen-bond donors (Lipinski definition) is 1. The lowest BCUT2D eigenvalue weighted by Gasteiger charge is -2.12. The molecule has 10 heteroatoms. The molecule has 1 N–H and O–H groups in total. The molecule has 2 aromatic rings. The van der Waals surface area contributed by atoms with E-state index in [1.165, 1.54) is 18.2 Å². The number of carbonyl (C=O) groups is 4. The summed E-state index contributed by atoms with van der Waals surface area (Å²) in [7, 11) is 0. The molecule has 2 heterocycles. The van der Waals surface area contributed by atoms with Crippen LogP contribution in [0.3, 0.4) is 0 Å². The fourth-order valence-electron chi connectivity index (χ4n) is 2.11. The maximum Gasteiger partial charge on any atom is 0.335 e. The van der Waals surface area contributed by atoms with Crippen molar-refractivity contribution in [2.75, 3.05) is 6.54 Å². The van der Waals surface area contributed by atoms with Crippen molar-refractivity contribution < 1.29 is 28.7 Å². The lowest BCUT2D eigenvalue weighted by molar-refractivity contribution is -0.146. The number of imide groups is 2. The van der Waals surface area contributed by atoms with E-state index in [2.05, 4.69) is 4.98 Å². The Morgan fingerprint density at radius 2 is 1.91 bits per heavy atom.